The van der Waals surface area contributed by atoms with Crippen LogP contribution in [0.3, 0.4) is 0 Å². The van der Waals surface area contributed by atoms with E-state index in [0.717, 1.165) is 6.26 Å². The molecule has 0 saturated carbocycles. The van der Waals surface area contributed by atoms with Gasteiger partial charge in [-0.15, -0.1) is 11.8 Å². The molecule has 0 radical (unpaired) electrons. The molecule has 0 amide bonds. The third-order valence-corrected chi connectivity index (χ3v) is 3.52. The van der Waals surface area contributed by atoms with Crippen LogP contribution in [0, 0.1) is 10.1 Å². The summed E-state index contributed by atoms with van der Waals surface area (Å²) in [5, 5.41) is 11.0. The fraction of sp³-hybridized carbons (Fsp3) is 0.400. The summed E-state index contributed by atoms with van der Waals surface area (Å²) in [4.78, 5) is 11.1. The molecular weight excluding hydrogens is 278 g/mol. The van der Waals surface area contributed by atoms with Crippen molar-refractivity contribution in [3.63, 3.8) is 0 Å². The summed E-state index contributed by atoms with van der Waals surface area (Å²) >= 11 is 1.28. The second-order valence-corrected chi connectivity index (χ2v) is 5.99. The zero-order valence-electron chi connectivity index (χ0n) is 9.95. The minimum atomic E-state index is -3.52. The van der Waals surface area contributed by atoms with Gasteiger partial charge >= 0.3 is 0 Å². The maximum Gasteiger partial charge on any atom is 0.286 e. The average molecular weight is 291 g/mol. The summed E-state index contributed by atoms with van der Waals surface area (Å²) < 4.78 is 26.2. The van der Waals surface area contributed by atoms with Crippen LogP contribution >= 0.6 is 11.8 Å². The molecule has 0 spiro atoms. The molecule has 100 valence electrons. The fourth-order valence-electron chi connectivity index (χ4n) is 1.44. The second kappa shape index (κ2) is 6.17. The van der Waals surface area contributed by atoms with E-state index in [2.05, 4.69) is 4.18 Å². The molecule has 0 aromatic heterocycles. The van der Waals surface area contributed by atoms with Crippen LogP contribution in [-0.4, -0.2) is 32.5 Å². The van der Waals surface area contributed by atoms with Gasteiger partial charge in [-0.3, -0.25) is 14.3 Å². The summed E-state index contributed by atoms with van der Waals surface area (Å²) in [6, 6.07) is 4.96. The molecular formula is C10H13NO5S2. The Morgan fingerprint density at radius 2 is 2.11 bits per heavy atom. The molecule has 1 rings (SSSR count). The van der Waals surface area contributed by atoms with Gasteiger partial charge in [-0.2, -0.15) is 8.42 Å². The van der Waals surface area contributed by atoms with Crippen molar-refractivity contribution in [3.05, 3.63) is 33.9 Å². The molecule has 0 fully saturated rings. The maximum atomic E-state index is 11.0. The van der Waals surface area contributed by atoms with Crippen LogP contribution in [0.15, 0.2) is 23.1 Å². The largest absolute Gasteiger partial charge is 0.286 e. The zero-order chi connectivity index (χ0) is 13.8. The molecule has 0 unspecified atom stereocenters. The first-order valence-electron chi connectivity index (χ1n) is 5.00. The third-order valence-electron chi connectivity index (χ3n) is 2.15. The third kappa shape index (κ3) is 4.28. The Labute approximate surface area is 110 Å². The lowest BCUT2D eigenvalue weighted by atomic mass is 10.1. The van der Waals surface area contributed by atoms with Gasteiger partial charge in [0.15, 0.2) is 0 Å². The number of benzene rings is 1. The van der Waals surface area contributed by atoms with Crippen molar-refractivity contribution in [3.8, 4) is 0 Å². The minimum Gasteiger partial charge on any atom is -0.270 e. The van der Waals surface area contributed by atoms with Gasteiger partial charge in [0.05, 0.1) is 22.7 Å². The van der Waals surface area contributed by atoms with Crippen LogP contribution in [0.5, 0.6) is 0 Å². The molecule has 0 aliphatic carbocycles. The van der Waals surface area contributed by atoms with Crippen molar-refractivity contribution >= 4 is 27.6 Å². The van der Waals surface area contributed by atoms with Crippen molar-refractivity contribution in [1.29, 1.82) is 0 Å². The molecule has 1 aromatic rings. The van der Waals surface area contributed by atoms with Crippen molar-refractivity contribution < 1.29 is 17.5 Å². The molecule has 1 aromatic carbocycles. The Kier molecular flexibility index (Phi) is 5.12. The lowest BCUT2D eigenvalue weighted by molar-refractivity contribution is -0.388. The SMILES string of the molecule is CSc1cccc(CCOS(C)(=O)=O)c1[N+](=O)[O-]. The predicted molar refractivity (Wildman–Crippen MR) is 69.4 cm³/mol. The van der Waals surface area contributed by atoms with Crippen LogP contribution in [0.1, 0.15) is 5.56 Å². The van der Waals surface area contributed by atoms with Gasteiger partial charge in [0.1, 0.15) is 0 Å². The van der Waals surface area contributed by atoms with Gasteiger partial charge in [0.25, 0.3) is 15.8 Å². The van der Waals surface area contributed by atoms with E-state index in [4.69, 9.17) is 0 Å². The molecule has 0 N–H and O–H groups in total. The Balaban J connectivity index is 2.92. The molecule has 18 heavy (non-hydrogen) atoms. The minimum absolute atomic E-state index is 0.0158. The van der Waals surface area contributed by atoms with E-state index in [1.54, 1.807) is 24.5 Å². The highest BCUT2D eigenvalue weighted by Crippen LogP contribution is 2.31. The number of rotatable bonds is 6. The van der Waals surface area contributed by atoms with Gasteiger partial charge in [0.2, 0.25) is 0 Å². The van der Waals surface area contributed by atoms with E-state index in [9.17, 15) is 18.5 Å². The Hall–Kier alpha value is -1.12. The number of hydrogen-bond acceptors (Lipinski definition) is 6. The standard InChI is InChI=1S/C10H13NO5S2/c1-17-9-5-3-4-8(10(9)11(12)13)6-7-16-18(2,14)15/h3-5H,6-7H2,1-2H3. The van der Waals surface area contributed by atoms with E-state index in [1.165, 1.54) is 11.8 Å². The fourth-order valence-corrected chi connectivity index (χ4v) is 2.44. The first-order chi connectivity index (χ1) is 8.35. The van der Waals surface area contributed by atoms with Crippen molar-refractivity contribution in [1.82, 2.24) is 0 Å². The van der Waals surface area contributed by atoms with E-state index in [-0.39, 0.29) is 18.7 Å². The Morgan fingerprint density at radius 3 is 2.61 bits per heavy atom. The lowest BCUT2D eigenvalue weighted by Crippen LogP contribution is -2.07. The summed E-state index contributed by atoms with van der Waals surface area (Å²) in [6.45, 7) is -0.0997. The molecule has 0 saturated heterocycles. The highest BCUT2D eigenvalue weighted by molar-refractivity contribution is 7.98. The molecule has 0 bridgehead atoms. The number of nitro benzene ring substituents is 1. The molecule has 6 nitrogen and oxygen atoms in total. The second-order valence-electron chi connectivity index (χ2n) is 3.50. The highest BCUT2D eigenvalue weighted by Gasteiger charge is 2.18. The van der Waals surface area contributed by atoms with Crippen LogP contribution < -0.4 is 0 Å². The van der Waals surface area contributed by atoms with Crippen LogP contribution in [-0.2, 0) is 20.7 Å². The maximum absolute atomic E-state index is 11.0. The first kappa shape index (κ1) is 14.9. The van der Waals surface area contributed by atoms with Gasteiger partial charge in [-0.25, -0.2) is 0 Å². The summed E-state index contributed by atoms with van der Waals surface area (Å²) in [5.41, 5.74) is 0.484. The number of thioether (sulfide) groups is 1. The Morgan fingerprint density at radius 1 is 1.44 bits per heavy atom. The number of nitro groups is 1. The van der Waals surface area contributed by atoms with Gasteiger partial charge in [-0.1, -0.05) is 12.1 Å². The highest BCUT2D eigenvalue weighted by atomic mass is 32.2. The predicted octanol–water partition coefficient (Wildman–Crippen LogP) is 1.84. The quantitative estimate of drug-likeness (QED) is 0.344. The van der Waals surface area contributed by atoms with Gasteiger partial charge in [0, 0.05) is 12.0 Å². The topological polar surface area (TPSA) is 86.5 Å². The summed E-state index contributed by atoms with van der Waals surface area (Å²) in [6.07, 6.45) is 2.87. The number of hydrogen-bond donors (Lipinski definition) is 0. The van der Waals surface area contributed by atoms with Crippen molar-refractivity contribution in [2.75, 3.05) is 19.1 Å². The van der Waals surface area contributed by atoms with Crippen molar-refractivity contribution in [2.24, 2.45) is 0 Å². The number of para-hydroxylation sites is 1. The molecule has 8 heteroatoms. The van der Waals surface area contributed by atoms with Crippen LogP contribution in [0.4, 0.5) is 5.69 Å². The molecule has 0 heterocycles. The molecule has 0 aliphatic heterocycles. The number of nitrogens with zero attached hydrogens (tertiary/aromatic N) is 1. The van der Waals surface area contributed by atoms with Gasteiger partial charge < -0.3 is 0 Å². The zero-order valence-corrected chi connectivity index (χ0v) is 11.6. The average Bonchev–Trinajstić information content (AvgIpc) is 2.26. The summed E-state index contributed by atoms with van der Waals surface area (Å²) in [5.74, 6) is 0. The first-order valence-corrected chi connectivity index (χ1v) is 8.04. The van der Waals surface area contributed by atoms with E-state index in [1.807, 2.05) is 0 Å². The summed E-state index contributed by atoms with van der Waals surface area (Å²) in [7, 11) is -3.52. The monoisotopic (exact) mass is 291 g/mol. The van der Waals surface area contributed by atoms with Gasteiger partial charge in [-0.05, 0) is 12.3 Å². The Bertz CT molecular complexity index is 541. The van der Waals surface area contributed by atoms with Crippen molar-refractivity contribution in [2.45, 2.75) is 11.3 Å². The van der Waals surface area contributed by atoms with Crippen LogP contribution in [0.2, 0.25) is 0 Å². The molecule has 0 aliphatic rings. The normalized spacial score (nSPS) is 11.4. The van der Waals surface area contributed by atoms with E-state index in [0.29, 0.717) is 10.5 Å². The lowest BCUT2D eigenvalue weighted by Gasteiger charge is -2.06. The van der Waals surface area contributed by atoms with E-state index < -0.39 is 15.0 Å². The van der Waals surface area contributed by atoms with Crippen LogP contribution in [0.25, 0.3) is 0 Å². The molecule has 0 atom stereocenters. The van der Waals surface area contributed by atoms with E-state index >= 15 is 0 Å². The smallest absolute Gasteiger partial charge is 0.270 e.